The van der Waals surface area contributed by atoms with Crippen LogP contribution in [0, 0.1) is 5.41 Å². The molecule has 2 aromatic carbocycles. The first-order chi connectivity index (χ1) is 12.6. The van der Waals surface area contributed by atoms with Gasteiger partial charge in [-0.25, -0.2) is 4.79 Å². The number of fused-ring (bicyclic) bond motifs is 1. The number of hydrogen-bond donors (Lipinski definition) is 0. The predicted molar refractivity (Wildman–Crippen MR) is 97.9 cm³/mol. The zero-order chi connectivity index (χ0) is 17.7. The van der Waals surface area contributed by atoms with Gasteiger partial charge < -0.3 is 9.32 Å². The topological polar surface area (TPSA) is 55.5 Å². The van der Waals surface area contributed by atoms with Gasteiger partial charge in [-0.15, -0.1) is 0 Å². The summed E-state index contributed by atoms with van der Waals surface area (Å²) in [5.41, 5.74) is 2.89. The van der Waals surface area contributed by atoms with Gasteiger partial charge in [-0.2, -0.15) is 0 Å². The van der Waals surface area contributed by atoms with Crippen LogP contribution in [0.1, 0.15) is 24.3 Å². The summed E-state index contributed by atoms with van der Waals surface area (Å²) in [6.07, 6.45) is 2.30. The van der Waals surface area contributed by atoms with E-state index in [1.807, 2.05) is 29.2 Å². The molecule has 5 rings (SSSR count). The van der Waals surface area contributed by atoms with Crippen molar-refractivity contribution >= 4 is 17.0 Å². The third kappa shape index (κ3) is 2.38. The van der Waals surface area contributed by atoms with Crippen LogP contribution >= 0.6 is 0 Å². The molecule has 1 amide bonds. The van der Waals surface area contributed by atoms with E-state index in [9.17, 15) is 9.59 Å². The fourth-order valence-corrected chi connectivity index (χ4v) is 4.54. The molecule has 1 aromatic heterocycles. The summed E-state index contributed by atoms with van der Waals surface area (Å²) < 4.78 is 6.63. The Bertz CT molecular complexity index is 1020. The first-order valence-corrected chi connectivity index (χ1v) is 9.05. The normalized spacial score (nSPS) is 18.7. The average molecular weight is 348 g/mol. The third-order valence-corrected chi connectivity index (χ3v) is 5.90. The van der Waals surface area contributed by atoms with Crippen LogP contribution in [-0.2, 0) is 11.3 Å². The molecule has 1 spiro atoms. The van der Waals surface area contributed by atoms with Gasteiger partial charge in [0, 0.05) is 18.5 Å². The number of oxazole rings is 1. The van der Waals surface area contributed by atoms with E-state index in [1.165, 1.54) is 10.1 Å². The minimum absolute atomic E-state index is 0.00700. The van der Waals surface area contributed by atoms with E-state index in [1.54, 1.807) is 6.07 Å². The molecule has 2 fully saturated rings. The largest absolute Gasteiger partial charge is 0.420 e. The van der Waals surface area contributed by atoms with Crippen LogP contribution in [0.4, 0.5) is 0 Å². The SMILES string of the molecule is O=C(Cn1c(=O)oc2ccccc21)N1CC2(CC(c3ccccc3)C2)C1. The molecule has 1 saturated heterocycles. The molecule has 132 valence electrons. The highest BCUT2D eigenvalue weighted by atomic mass is 16.4. The van der Waals surface area contributed by atoms with Crippen LogP contribution in [0.25, 0.3) is 11.1 Å². The standard InChI is InChI=1S/C21H20N2O3/c24-19(12-23-17-8-4-5-9-18(17)26-20(23)25)22-13-21(14-22)10-16(11-21)15-6-2-1-3-7-15/h1-9,16H,10-14H2. The Kier molecular flexibility index (Phi) is 3.32. The van der Waals surface area contributed by atoms with Crippen molar-refractivity contribution in [1.29, 1.82) is 0 Å². The first kappa shape index (κ1) is 15.4. The summed E-state index contributed by atoms with van der Waals surface area (Å²) in [4.78, 5) is 26.5. The molecule has 1 aliphatic heterocycles. The van der Waals surface area contributed by atoms with E-state index in [2.05, 4.69) is 24.3 Å². The molecule has 1 aliphatic carbocycles. The molecule has 0 unspecified atom stereocenters. The van der Waals surface area contributed by atoms with Gasteiger partial charge in [0.25, 0.3) is 0 Å². The first-order valence-electron chi connectivity index (χ1n) is 9.05. The van der Waals surface area contributed by atoms with Gasteiger partial charge in [0.05, 0.1) is 5.52 Å². The van der Waals surface area contributed by atoms with E-state index in [-0.39, 0.29) is 12.5 Å². The van der Waals surface area contributed by atoms with Gasteiger partial charge in [0.1, 0.15) is 6.54 Å². The van der Waals surface area contributed by atoms with E-state index < -0.39 is 5.76 Å². The molecule has 26 heavy (non-hydrogen) atoms. The fraction of sp³-hybridized carbons (Fsp3) is 0.333. The zero-order valence-electron chi connectivity index (χ0n) is 14.4. The average Bonchev–Trinajstić information content (AvgIpc) is 2.89. The summed E-state index contributed by atoms with van der Waals surface area (Å²) in [6, 6.07) is 17.8. The number of aromatic nitrogens is 1. The number of likely N-dealkylation sites (tertiary alicyclic amines) is 1. The van der Waals surface area contributed by atoms with E-state index in [4.69, 9.17) is 4.42 Å². The van der Waals surface area contributed by atoms with Crippen LogP contribution < -0.4 is 5.76 Å². The summed E-state index contributed by atoms with van der Waals surface area (Å²) >= 11 is 0. The minimum atomic E-state index is -0.470. The van der Waals surface area contributed by atoms with Crippen molar-refractivity contribution in [2.24, 2.45) is 5.41 Å². The van der Waals surface area contributed by atoms with Crippen molar-refractivity contribution in [3.05, 3.63) is 70.7 Å². The summed E-state index contributed by atoms with van der Waals surface area (Å²) in [6.45, 7) is 1.66. The number of amides is 1. The van der Waals surface area contributed by atoms with Gasteiger partial charge in [0.15, 0.2) is 5.58 Å². The number of para-hydroxylation sites is 2. The van der Waals surface area contributed by atoms with Crippen molar-refractivity contribution in [1.82, 2.24) is 9.47 Å². The smallest absolute Gasteiger partial charge is 0.408 e. The summed E-state index contributed by atoms with van der Waals surface area (Å²) in [7, 11) is 0. The fourth-order valence-electron chi connectivity index (χ4n) is 4.54. The minimum Gasteiger partial charge on any atom is -0.408 e. The molecule has 5 heteroatoms. The van der Waals surface area contributed by atoms with Crippen molar-refractivity contribution in [2.45, 2.75) is 25.3 Å². The molecular weight excluding hydrogens is 328 g/mol. The van der Waals surface area contributed by atoms with Crippen LogP contribution in [0.5, 0.6) is 0 Å². The Labute approximate surface area is 150 Å². The lowest BCUT2D eigenvalue weighted by molar-refractivity contribution is -0.152. The van der Waals surface area contributed by atoms with Crippen LogP contribution in [0.3, 0.4) is 0 Å². The number of carbonyl (C=O) groups is 1. The second-order valence-corrected chi connectivity index (χ2v) is 7.69. The number of benzene rings is 2. The highest BCUT2D eigenvalue weighted by molar-refractivity contribution is 5.80. The number of carbonyl (C=O) groups excluding carboxylic acids is 1. The molecule has 2 heterocycles. The molecule has 2 aliphatic rings. The van der Waals surface area contributed by atoms with Crippen LogP contribution in [0.2, 0.25) is 0 Å². The highest BCUT2D eigenvalue weighted by Gasteiger charge is 2.53. The van der Waals surface area contributed by atoms with E-state index in [0.717, 1.165) is 25.9 Å². The van der Waals surface area contributed by atoms with Gasteiger partial charge in [0.2, 0.25) is 5.91 Å². The van der Waals surface area contributed by atoms with Gasteiger partial charge in [-0.3, -0.25) is 9.36 Å². The quantitative estimate of drug-likeness (QED) is 0.731. The lowest BCUT2D eigenvalue weighted by Gasteiger charge is -2.59. The van der Waals surface area contributed by atoms with Crippen molar-refractivity contribution < 1.29 is 9.21 Å². The Morgan fingerprint density at radius 3 is 2.50 bits per heavy atom. The molecule has 0 atom stereocenters. The van der Waals surface area contributed by atoms with Crippen molar-refractivity contribution in [3.63, 3.8) is 0 Å². The van der Waals surface area contributed by atoms with Gasteiger partial charge >= 0.3 is 5.76 Å². The molecule has 0 bridgehead atoms. The Hall–Kier alpha value is -2.82. The number of nitrogens with zero attached hydrogens (tertiary/aromatic N) is 2. The molecule has 5 nitrogen and oxygen atoms in total. The zero-order valence-corrected chi connectivity index (χ0v) is 14.4. The number of rotatable bonds is 3. The summed E-state index contributed by atoms with van der Waals surface area (Å²) in [5, 5.41) is 0. The summed E-state index contributed by atoms with van der Waals surface area (Å²) in [5.74, 6) is 0.143. The lowest BCUT2D eigenvalue weighted by Crippen LogP contribution is -2.63. The monoisotopic (exact) mass is 348 g/mol. The van der Waals surface area contributed by atoms with Crippen LogP contribution in [0.15, 0.2) is 63.8 Å². The maximum absolute atomic E-state index is 12.6. The molecule has 3 aromatic rings. The Balaban J connectivity index is 1.23. The molecule has 0 N–H and O–H groups in total. The molecule has 1 saturated carbocycles. The van der Waals surface area contributed by atoms with Crippen molar-refractivity contribution in [3.8, 4) is 0 Å². The Morgan fingerprint density at radius 2 is 1.73 bits per heavy atom. The van der Waals surface area contributed by atoms with E-state index in [0.29, 0.717) is 22.4 Å². The Morgan fingerprint density at radius 1 is 1.04 bits per heavy atom. The highest BCUT2D eigenvalue weighted by Crippen LogP contribution is 2.55. The number of hydrogen-bond acceptors (Lipinski definition) is 3. The lowest BCUT2D eigenvalue weighted by atomic mass is 9.56. The van der Waals surface area contributed by atoms with Gasteiger partial charge in [-0.1, -0.05) is 42.5 Å². The molecule has 0 radical (unpaired) electrons. The van der Waals surface area contributed by atoms with Crippen molar-refractivity contribution in [2.75, 3.05) is 13.1 Å². The second-order valence-electron chi connectivity index (χ2n) is 7.69. The van der Waals surface area contributed by atoms with Gasteiger partial charge in [-0.05, 0) is 36.5 Å². The second kappa shape index (κ2) is 5.59. The third-order valence-electron chi connectivity index (χ3n) is 5.90. The van der Waals surface area contributed by atoms with Crippen LogP contribution in [-0.4, -0.2) is 28.5 Å². The maximum Gasteiger partial charge on any atom is 0.420 e. The van der Waals surface area contributed by atoms with E-state index >= 15 is 0 Å². The molecular formula is C21H20N2O3. The predicted octanol–water partition coefficient (Wildman–Crippen LogP) is 3.00. The maximum atomic E-state index is 12.6.